The third-order valence-corrected chi connectivity index (χ3v) is 4.46. The minimum atomic E-state index is -0.642. The molecule has 31 heavy (non-hydrogen) atoms. The van der Waals surface area contributed by atoms with Crippen LogP contribution < -0.4 is 14.8 Å². The van der Waals surface area contributed by atoms with Crippen LogP contribution in [0.25, 0.3) is 17.2 Å². The van der Waals surface area contributed by atoms with Crippen LogP contribution in [0.2, 0.25) is 0 Å². The van der Waals surface area contributed by atoms with E-state index < -0.39 is 18.5 Å². The second kappa shape index (κ2) is 10.6. The number of rotatable bonds is 8. The minimum Gasteiger partial charge on any atom is -0.493 e. The van der Waals surface area contributed by atoms with Crippen LogP contribution in [0.15, 0.2) is 78.9 Å². The molecule has 0 aliphatic heterocycles. The fourth-order valence-electron chi connectivity index (χ4n) is 3.03. The Morgan fingerprint density at radius 2 is 1.61 bits per heavy atom. The fourth-order valence-corrected chi connectivity index (χ4v) is 3.03. The molecule has 158 valence electrons. The molecule has 6 heteroatoms. The number of para-hydroxylation sites is 2. The average molecular weight is 417 g/mol. The van der Waals surface area contributed by atoms with Gasteiger partial charge in [0.05, 0.1) is 14.2 Å². The number of methoxy groups -OCH3 is 2. The standard InChI is InChI=1S/C25H23NO5/c1-29-22-14-8-11-19(25(22)30-2)15-16-24(28)31-17-23(27)26-21-13-7-6-12-20(21)18-9-4-3-5-10-18/h3-16H,17H2,1-2H3,(H,26,27)/b16-15+. The summed E-state index contributed by atoms with van der Waals surface area (Å²) < 4.78 is 15.6. The van der Waals surface area contributed by atoms with Crippen LogP contribution in [0.4, 0.5) is 5.69 Å². The van der Waals surface area contributed by atoms with E-state index in [0.29, 0.717) is 22.7 Å². The molecule has 0 spiro atoms. The molecule has 0 radical (unpaired) electrons. The van der Waals surface area contributed by atoms with Crippen LogP contribution >= 0.6 is 0 Å². The average Bonchev–Trinajstić information content (AvgIpc) is 2.82. The first-order valence-electron chi connectivity index (χ1n) is 9.62. The molecule has 0 bridgehead atoms. The summed E-state index contributed by atoms with van der Waals surface area (Å²) in [6, 6.07) is 22.5. The zero-order valence-electron chi connectivity index (χ0n) is 17.3. The SMILES string of the molecule is COc1cccc(/C=C/C(=O)OCC(=O)Nc2ccccc2-c2ccccc2)c1OC. The number of carbonyl (C=O) groups is 2. The third-order valence-electron chi connectivity index (χ3n) is 4.46. The van der Waals surface area contributed by atoms with Gasteiger partial charge in [0.25, 0.3) is 5.91 Å². The van der Waals surface area contributed by atoms with Crippen molar-refractivity contribution in [3.05, 3.63) is 84.4 Å². The third kappa shape index (κ3) is 5.73. The monoisotopic (exact) mass is 417 g/mol. The Morgan fingerprint density at radius 1 is 0.871 bits per heavy atom. The lowest BCUT2D eigenvalue weighted by atomic mass is 10.0. The molecular formula is C25H23NO5. The van der Waals surface area contributed by atoms with E-state index in [9.17, 15) is 9.59 Å². The number of hydrogen-bond donors (Lipinski definition) is 1. The predicted molar refractivity (Wildman–Crippen MR) is 120 cm³/mol. The summed E-state index contributed by atoms with van der Waals surface area (Å²) in [6.45, 7) is -0.401. The molecule has 0 aromatic heterocycles. The Hall–Kier alpha value is -4.06. The van der Waals surface area contributed by atoms with Gasteiger partial charge in [0.2, 0.25) is 0 Å². The van der Waals surface area contributed by atoms with Gasteiger partial charge in [-0.1, -0.05) is 60.7 Å². The van der Waals surface area contributed by atoms with E-state index in [1.165, 1.54) is 20.3 Å². The predicted octanol–water partition coefficient (Wildman–Crippen LogP) is 4.57. The first-order valence-corrected chi connectivity index (χ1v) is 9.62. The molecule has 0 fully saturated rings. The van der Waals surface area contributed by atoms with Crippen molar-refractivity contribution in [2.45, 2.75) is 0 Å². The maximum Gasteiger partial charge on any atom is 0.331 e. The van der Waals surface area contributed by atoms with Gasteiger partial charge in [0.15, 0.2) is 18.1 Å². The number of anilines is 1. The smallest absolute Gasteiger partial charge is 0.331 e. The number of amides is 1. The van der Waals surface area contributed by atoms with Crippen LogP contribution in [-0.2, 0) is 14.3 Å². The van der Waals surface area contributed by atoms with E-state index in [1.807, 2.05) is 48.5 Å². The summed E-state index contributed by atoms with van der Waals surface area (Å²) >= 11 is 0. The van der Waals surface area contributed by atoms with Crippen molar-refractivity contribution in [2.75, 3.05) is 26.1 Å². The molecule has 0 aliphatic rings. The van der Waals surface area contributed by atoms with E-state index in [2.05, 4.69) is 5.32 Å². The van der Waals surface area contributed by atoms with Crippen molar-refractivity contribution in [3.63, 3.8) is 0 Å². The molecule has 0 unspecified atom stereocenters. The summed E-state index contributed by atoms with van der Waals surface area (Å²) in [7, 11) is 3.05. The van der Waals surface area contributed by atoms with Crippen molar-refractivity contribution in [2.24, 2.45) is 0 Å². The second-order valence-corrected chi connectivity index (χ2v) is 6.48. The van der Waals surface area contributed by atoms with Crippen LogP contribution in [0, 0.1) is 0 Å². The number of esters is 1. The van der Waals surface area contributed by atoms with E-state index in [4.69, 9.17) is 14.2 Å². The van der Waals surface area contributed by atoms with Crippen molar-refractivity contribution < 1.29 is 23.8 Å². The van der Waals surface area contributed by atoms with Gasteiger partial charge in [0.1, 0.15) is 0 Å². The van der Waals surface area contributed by atoms with Gasteiger partial charge >= 0.3 is 5.97 Å². The summed E-state index contributed by atoms with van der Waals surface area (Å²) in [6.07, 6.45) is 2.79. The lowest BCUT2D eigenvalue weighted by molar-refractivity contribution is -0.142. The van der Waals surface area contributed by atoms with E-state index >= 15 is 0 Å². The zero-order chi connectivity index (χ0) is 22.1. The Labute approximate surface area is 181 Å². The van der Waals surface area contributed by atoms with Crippen molar-refractivity contribution in [1.82, 2.24) is 0 Å². The normalized spacial score (nSPS) is 10.5. The zero-order valence-corrected chi connectivity index (χ0v) is 17.3. The summed E-state index contributed by atoms with van der Waals surface area (Å²) in [5.41, 5.74) is 3.16. The van der Waals surface area contributed by atoms with Gasteiger partial charge in [-0.05, 0) is 23.8 Å². The van der Waals surface area contributed by atoms with Gasteiger partial charge < -0.3 is 19.5 Å². The Bertz CT molecular complexity index is 1080. The largest absolute Gasteiger partial charge is 0.493 e. The molecule has 0 saturated heterocycles. The van der Waals surface area contributed by atoms with Crippen LogP contribution in [0.5, 0.6) is 11.5 Å². The summed E-state index contributed by atoms with van der Waals surface area (Å²) in [5, 5.41) is 2.79. The number of carbonyl (C=O) groups excluding carboxylic acids is 2. The van der Waals surface area contributed by atoms with Gasteiger partial charge in [-0.25, -0.2) is 4.79 Å². The van der Waals surface area contributed by atoms with Crippen LogP contribution in [-0.4, -0.2) is 32.7 Å². The molecule has 3 rings (SSSR count). The van der Waals surface area contributed by atoms with Gasteiger partial charge in [-0.2, -0.15) is 0 Å². The number of benzene rings is 3. The lowest BCUT2D eigenvalue weighted by Gasteiger charge is -2.11. The topological polar surface area (TPSA) is 73.9 Å². The molecule has 0 atom stereocenters. The van der Waals surface area contributed by atoms with Crippen molar-refractivity contribution in [1.29, 1.82) is 0 Å². The van der Waals surface area contributed by atoms with Crippen LogP contribution in [0.3, 0.4) is 0 Å². The van der Waals surface area contributed by atoms with Gasteiger partial charge in [0, 0.05) is 22.9 Å². The second-order valence-electron chi connectivity index (χ2n) is 6.48. The fraction of sp³-hybridized carbons (Fsp3) is 0.120. The van der Waals surface area contributed by atoms with E-state index in [1.54, 1.807) is 30.3 Å². The molecule has 3 aromatic carbocycles. The molecule has 1 amide bonds. The van der Waals surface area contributed by atoms with Gasteiger partial charge in [-0.3, -0.25) is 4.79 Å². The molecule has 3 aromatic rings. The first-order chi connectivity index (χ1) is 15.1. The molecular weight excluding hydrogens is 394 g/mol. The molecule has 6 nitrogen and oxygen atoms in total. The van der Waals surface area contributed by atoms with Crippen molar-refractivity contribution in [3.8, 4) is 22.6 Å². The maximum absolute atomic E-state index is 12.3. The van der Waals surface area contributed by atoms with E-state index in [-0.39, 0.29) is 0 Å². The highest BCUT2D eigenvalue weighted by atomic mass is 16.5. The summed E-state index contributed by atoms with van der Waals surface area (Å²) in [4.78, 5) is 24.4. The number of nitrogens with one attached hydrogen (secondary N) is 1. The van der Waals surface area contributed by atoms with Crippen molar-refractivity contribution >= 4 is 23.6 Å². The highest BCUT2D eigenvalue weighted by Crippen LogP contribution is 2.31. The highest BCUT2D eigenvalue weighted by Gasteiger charge is 2.11. The lowest BCUT2D eigenvalue weighted by Crippen LogP contribution is -2.20. The van der Waals surface area contributed by atoms with Crippen LogP contribution in [0.1, 0.15) is 5.56 Å². The quantitative estimate of drug-likeness (QED) is 0.429. The molecule has 0 heterocycles. The first kappa shape index (κ1) is 21.6. The maximum atomic E-state index is 12.3. The summed E-state index contributed by atoms with van der Waals surface area (Å²) in [5.74, 6) is -0.0146. The number of ether oxygens (including phenoxy) is 3. The molecule has 0 aliphatic carbocycles. The minimum absolute atomic E-state index is 0.401. The van der Waals surface area contributed by atoms with E-state index in [0.717, 1.165) is 11.1 Å². The highest BCUT2D eigenvalue weighted by molar-refractivity contribution is 5.97. The Kier molecular flexibility index (Phi) is 7.43. The molecule has 1 N–H and O–H groups in total. The van der Waals surface area contributed by atoms with Gasteiger partial charge in [-0.15, -0.1) is 0 Å². The Morgan fingerprint density at radius 3 is 2.35 bits per heavy atom. The number of hydrogen-bond acceptors (Lipinski definition) is 5. The Balaban J connectivity index is 1.60. The molecule has 0 saturated carbocycles.